The van der Waals surface area contributed by atoms with Crippen molar-refractivity contribution in [3.63, 3.8) is 0 Å². The fourth-order valence-electron chi connectivity index (χ4n) is 1.95. The number of nitriles is 1. The molecule has 1 aliphatic heterocycles. The van der Waals surface area contributed by atoms with Gasteiger partial charge in [-0.1, -0.05) is 11.6 Å². The lowest BCUT2D eigenvalue weighted by atomic mass is 10.2. The van der Waals surface area contributed by atoms with Crippen molar-refractivity contribution in [1.82, 2.24) is 0 Å². The zero-order valence-corrected chi connectivity index (χ0v) is 9.87. The Kier molecular flexibility index (Phi) is 3.33. The summed E-state index contributed by atoms with van der Waals surface area (Å²) in [5.41, 5.74) is 1.58. The Hall–Kier alpha value is -1.24. The average Bonchev–Trinajstić information content (AvgIpc) is 2.77. The molecule has 0 amide bonds. The number of rotatable bonds is 2. The van der Waals surface area contributed by atoms with Crippen molar-refractivity contribution >= 4 is 17.3 Å². The van der Waals surface area contributed by atoms with Crippen LogP contribution in [0.1, 0.15) is 12.0 Å². The van der Waals surface area contributed by atoms with E-state index in [1.54, 1.807) is 13.2 Å². The van der Waals surface area contributed by atoms with Crippen LogP contribution in [0.3, 0.4) is 0 Å². The van der Waals surface area contributed by atoms with Gasteiger partial charge in [0, 0.05) is 25.9 Å². The highest BCUT2D eigenvalue weighted by Gasteiger charge is 2.22. The summed E-state index contributed by atoms with van der Waals surface area (Å²) in [6.45, 7) is 1.86. The third-order valence-electron chi connectivity index (χ3n) is 2.92. The second-order valence-corrected chi connectivity index (χ2v) is 4.28. The van der Waals surface area contributed by atoms with E-state index in [9.17, 15) is 0 Å². The zero-order chi connectivity index (χ0) is 11.5. The third kappa shape index (κ3) is 2.13. The predicted octanol–water partition coefficient (Wildman–Crippen LogP) is 2.44. The highest BCUT2D eigenvalue weighted by atomic mass is 35.5. The second-order valence-electron chi connectivity index (χ2n) is 3.87. The molecule has 1 unspecified atom stereocenters. The van der Waals surface area contributed by atoms with E-state index in [2.05, 4.69) is 11.0 Å². The molecule has 84 valence electrons. The molecule has 0 bridgehead atoms. The van der Waals surface area contributed by atoms with E-state index in [1.807, 2.05) is 12.1 Å². The lowest BCUT2D eigenvalue weighted by Gasteiger charge is -2.18. The topological polar surface area (TPSA) is 36.3 Å². The van der Waals surface area contributed by atoms with E-state index in [4.69, 9.17) is 21.6 Å². The summed E-state index contributed by atoms with van der Waals surface area (Å²) in [6.07, 6.45) is 1.34. The number of nitrogens with zero attached hydrogens (tertiary/aromatic N) is 2. The molecule has 0 aromatic heterocycles. The predicted molar refractivity (Wildman–Crippen MR) is 63.8 cm³/mol. The van der Waals surface area contributed by atoms with Gasteiger partial charge in [-0.3, -0.25) is 0 Å². The van der Waals surface area contributed by atoms with Gasteiger partial charge in [0.25, 0.3) is 0 Å². The Balaban J connectivity index is 2.17. The number of hydrogen-bond donors (Lipinski definition) is 0. The zero-order valence-electron chi connectivity index (χ0n) is 9.11. The van der Waals surface area contributed by atoms with E-state index >= 15 is 0 Å². The van der Waals surface area contributed by atoms with Crippen LogP contribution in [0.4, 0.5) is 5.69 Å². The minimum atomic E-state index is 0.300. The lowest BCUT2D eigenvalue weighted by molar-refractivity contribution is 0.121. The quantitative estimate of drug-likeness (QED) is 0.791. The molecule has 3 nitrogen and oxygen atoms in total. The fraction of sp³-hybridized carbons (Fsp3) is 0.417. The van der Waals surface area contributed by atoms with Crippen molar-refractivity contribution < 1.29 is 4.74 Å². The number of hydrogen-bond acceptors (Lipinski definition) is 3. The van der Waals surface area contributed by atoms with Gasteiger partial charge in [-0.2, -0.15) is 5.26 Å². The van der Waals surface area contributed by atoms with Gasteiger partial charge in [-0.05, 0) is 24.6 Å². The summed E-state index contributed by atoms with van der Waals surface area (Å²) in [6, 6.07) is 7.60. The minimum absolute atomic E-state index is 0.300. The van der Waals surface area contributed by atoms with Crippen LogP contribution in [0.5, 0.6) is 0 Å². The van der Waals surface area contributed by atoms with Crippen molar-refractivity contribution in [1.29, 1.82) is 5.26 Å². The van der Waals surface area contributed by atoms with E-state index in [0.29, 0.717) is 16.7 Å². The van der Waals surface area contributed by atoms with Gasteiger partial charge < -0.3 is 9.64 Å². The molecule has 1 saturated heterocycles. The molecule has 4 heteroatoms. The summed E-state index contributed by atoms with van der Waals surface area (Å²) in [7, 11) is 1.74. The molecule has 1 atom stereocenters. The first-order valence-corrected chi connectivity index (χ1v) is 5.60. The number of methoxy groups -OCH3 is 1. The number of anilines is 1. The summed E-state index contributed by atoms with van der Waals surface area (Å²) >= 11 is 6.00. The van der Waals surface area contributed by atoms with Crippen molar-refractivity contribution in [2.75, 3.05) is 25.1 Å². The van der Waals surface area contributed by atoms with Crippen LogP contribution in [0.25, 0.3) is 0 Å². The third-order valence-corrected chi connectivity index (χ3v) is 3.23. The highest BCUT2D eigenvalue weighted by Crippen LogP contribution is 2.26. The molecule has 0 aliphatic carbocycles. The standard InChI is InChI=1S/C12H13ClN2O/c1-16-11-4-5-15(8-11)10-3-2-9(7-14)12(13)6-10/h2-3,6,11H,4-5,8H2,1H3. The normalized spacial score (nSPS) is 19.8. The van der Waals surface area contributed by atoms with Gasteiger partial charge in [-0.25, -0.2) is 0 Å². The molecule has 1 fully saturated rings. The number of benzene rings is 1. The van der Waals surface area contributed by atoms with Gasteiger partial charge in [-0.15, -0.1) is 0 Å². The van der Waals surface area contributed by atoms with Gasteiger partial charge in [0.2, 0.25) is 0 Å². The molecule has 1 heterocycles. The molecule has 16 heavy (non-hydrogen) atoms. The fourth-order valence-corrected chi connectivity index (χ4v) is 2.16. The molecule has 0 spiro atoms. The van der Waals surface area contributed by atoms with E-state index in [-0.39, 0.29) is 0 Å². The second kappa shape index (κ2) is 4.73. The summed E-state index contributed by atoms with van der Waals surface area (Å²) in [5.74, 6) is 0. The summed E-state index contributed by atoms with van der Waals surface area (Å²) in [4.78, 5) is 2.22. The smallest absolute Gasteiger partial charge is 0.101 e. The Labute approximate surface area is 100 Å². The van der Waals surface area contributed by atoms with Gasteiger partial charge in [0.15, 0.2) is 0 Å². The molecule has 0 radical (unpaired) electrons. The maximum Gasteiger partial charge on any atom is 0.101 e. The number of ether oxygens (including phenoxy) is 1. The SMILES string of the molecule is COC1CCN(c2ccc(C#N)c(Cl)c2)C1. The first-order valence-electron chi connectivity index (χ1n) is 5.22. The van der Waals surface area contributed by atoms with Crippen molar-refractivity contribution in [2.45, 2.75) is 12.5 Å². The largest absolute Gasteiger partial charge is 0.380 e. The van der Waals surface area contributed by atoms with Gasteiger partial charge in [0.1, 0.15) is 6.07 Å². The number of halogens is 1. The Bertz CT molecular complexity index is 428. The highest BCUT2D eigenvalue weighted by molar-refractivity contribution is 6.32. The molecule has 2 rings (SSSR count). The molecule has 1 aliphatic rings. The van der Waals surface area contributed by atoms with Crippen LogP contribution in [0.2, 0.25) is 5.02 Å². The van der Waals surface area contributed by atoms with Crippen LogP contribution >= 0.6 is 11.6 Å². The summed E-state index contributed by atoms with van der Waals surface area (Å²) < 4.78 is 5.31. The molecular formula is C12H13ClN2O. The Morgan fingerprint density at radius 2 is 2.38 bits per heavy atom. The van der Waals surface area contributed by atoms with Crippen LogP contribution in [-0.4, -0.2) is 26.3 Å². The van der Waals surface area contributed by atoms with Crippen molar-refractivity contribution in [2.24, 2.45) is 0 Å². The van der Waals surface area contributed by atoms with Crippen LogP contribution in [0.15, 0.2) is 18.2 Å². The maximum absolute atomic E-state index is 8.79. The summed E-state index contributed by atoms with van der Waals surface area (Å²) in [5, 5.41) is 9.30. The van der Waals surface area contributed by atoms with Crippen molar-refractivity contribution in [3.05, 3.63) is 28.8 Å². The Morgan fingerprint density at radius 3 is 2.94 bits per heavy atom. The molecule has 0 saturated carbocycles. The molecular weight excluding hydrogens is 224 g/mol. The van der Waals surface area contributed by atoms with Crippen molar-refractivity contribution in [3.8, 4) is 6.07 Å². The Morgan fingerprint density at radius 1 is 1.56 bits per heavy atom. The van der Waals surface area contributed by atoms with E-state index in [1.165, 1.54) is 0 Å². The van der Waals surface area contributed by atoms with Gasteiger partial charge in [0.05, 0.1) is 16.7 Å². The lowest BCUT2D eigenvalue weighted by Crippen LogP contribution is -2.22. The molecule has 1 aromatic rings. The molecule has 0 N–H and O–H groups in total. The van der Waals surface area contributed by atoms with Crippen LogP contribution < -0.4 is 4.90 Å². The average molecular weight is 237 g/mol. The van der Waals surface area contributed by atoms with Gasteiger partial charge >= 0.3 is 0 Å². The first-order chi connectivity index (χ1) is 7.74. The van der Waals surface area contributed by atoms with Crippen LogP contribution in [-0.2, 0) is 4.74 Å². The maximum atomic E-state index is 8.79. The first kappa shape index (κ1) is 11.3. The van der Waals surface area contributed by atoms with E-state index < -0.39 is 0 Å². The van der Waals surface area contributed by atoms with Crippen LogP contribution in [0, 0.1) is 11.3 Å². The molecule has 1 aromatic carbocycles. The monoisotopic (exact) mass is 236 g/mol. The van der Waals surface area contributed by atoms with E-state index in [0.717, 1.165) is 25.2 Å². The minimum Gasteiger partial charge on any atom is -0.380 e.